The van der Waals surface area contributed by atoms with E-state index in [1.54, 1.807) is 17.8 Å². The van der Waals surface area contributed by atoms with Gasteiger partial charge < -0.3 is 5.32 Å². The van der Waals surface area contributed by atoms with Gasteiger partial charge in [-0.15, -0.1) is 0 Å². The first kappa shape index (κ1) is 15.5. The van der Waals surface area contributed by atoms with Crippen LogP contribution in [0.1, 0.15) is 17.3 Å². The van der Waals surface area contributed by atoms with E-state index in [9.17, 15) is 4.79 Å². The molecule has 1 heterocycles. The van der Waals surface area contributed by atoms with Crippen LogP contribution in [0.2, 0.25) is 0 Å². The lowest BCUT2D eigenvalue weighted by molar-refractivity contribution is 0.101. The minimum Gasteiger partial charge on any atom is -0.340 e. The van der Waals surface area contributed by atoms with E-state index >= 15 is 0 Å². The first-order valence-corrected chi connectivity index (χ1v) is 8.00. The number of carbonyl (C=O) groups excluding carboxylic acids is 1. The second-order valence-electron chi connectivity index (χ2n) is 5.30. The molecule has 4 nitrogen and oxygen atoms in total. The van der Waals surface area contributed by atoms with Gasteiger partial charge in [0.05, 0.1) is 10.7 Å². The van der Waals surface area contributed by atoms with Crippen molar-refractivity contribution >= 4 is 33.2 Å². The number of halogens is 1. The highest BCUT2D eigenvalue weighted by atomic mass is 79.9. The molecule has 0 spiro atoms. The van der Waals surface area contributed by atoms with Crippen LogP contribution < -0.4 is 5.32 Å². The number of aryl methyl sites for hydroxylation is 1. The summed E-state index contributed by atoms with van der Waals surface area (Å²) < 4.78 is 2.69. The molecule has 0 aliphatic rings. The van der Waals surface area contributed by atoms with E-state index in [1.165, 1.54) is 0 Å². The van der Waals surface area contributed by atoms with Gasteiger partial charge in [0.25, 0.3) is 0 Å². The monoisotopic (exact) mass is 369 g/mol. The second-order valence-corrected chi connectivity index (χ2v) is 6.16. The van der Waals surface area contributed by atoms with E-state index in [2.05, 4.69) is 26.3 Å². The highest BCUT2D eigenvalue weighted by molar-refractivity contribution is 9.10. The Morgan fingerprint density at radius 1 is 1.13 bits per heavy atom. The molecule has 0 unspecified atom stereocenters. The fourth-order valence-electron chi connectivity index (χ4n) is 2.35. The van der Waals surface area contributed by atoms with E-state index in [0.717, 1.165) is 32.7 Å². The molecule has 5 heteroatoms. The highest BCUT2D eigenvalue weighted by Crippen LogP contribution is 2.27. The zero-order chi connectivity index (χ0) is 16.4. The number of rotatable bonds is 4. The van der Waals surface area contributed by atoms with Gasteiger partial charge in [-0.3, -0.25) is 9.48 Å². The summed E-state index contributed by atoms with van der Waals surface area (Å²) in [5.41, 5.74) is 3.80. The van der Waals surface area contributed by atoms with E-state index < -0.39 is 0 Å². The molecule has 116 valence electrons. The quantitative estimate of drug-likeness (QED) is 0.672. The summed E-state index contributed by atoms with van der Waals surface area (Å²) in [6.07, 6.45) is 1.75. The fraction of sp³-hybridized carbons (Fsp3) is 0.111. The van der Waals surface area contributed by atoms with Crippen molar-refractivity contribution in [2.75, 3.05) is 5.32 Å². The molecule has 1 N–H and O–H groups in total. The third kappa shape index (κ3) is 3.35. The molecule has 2 aromatic carbocycles. The largest absolute Gasteiger partial charge is 0.340 e. The molecule has 0 saturated heterocycles. The molecule has 0 amide bonds. The van der Waals surface area contributed by atoms with Crippen molar-refractivity contribution in [3.8, 4) is 11.1 Å². The zero-order valence-corrected chi connectivity index (χ0v) is 14.5. The van der Waals surface area contributed by atoms with Gasteiger partial charge in [0.1, 0.15) is 5.82 Å². The topological polar surface area (TPSA) is 46.9 Å². The number of benzene rings is 2. The van der Waals surface area contributed by atoms with Gasteiger partial charge >= 0.3 is 0 Å². The minimum absolute atomic E-state index is 0.0752. The molecule has 0 bridgehead atoms. The number of nitrogens with zero attached hydrogens (tertiary/aromatic N) is 2. The van der Waals surface area contributed by atoms with Gasteiger partial charge in [-0.25, -0.2) is 0 Å². The van der Waals surface area contributed by atoms with Crippen molar-refractivity contribution < 1.29 is 4.79 Å². The number of anilines is 2. The molecule has 0 fully saturated rings. The summed E-state index contributed by atoms with van der Waals surface area (Å²) in [7, 11) is 1.88. The second kappa shape index (κ2) is 6.38. The Morgan fingerprint density at radius 3 is 2.48 bits per heavy atom. The van der Waals surface area contributed by atoms with Gasteiger partial charge in [-0.05, 0) is 52.2 Å². The predicted molar refractivity (Wildman–Crippen MR) is 96.1 cm³/mol. The van der Waals surface area contributed by atoms with Gasteiger partial charge in [0.2, 0.25) is 0 Å². The van der Waals surface area contributed by atoms with Crippen LogP contribution in [0, 0.1) is 0 Å². The van der Waals surface area contributed by atoms with Crippen molar-refractivity contribution in [3.63, 3.8) is 0 Å². The van der Waals surface area contributed by atoms with Crippen LogP contribution in [0.5, 0.6) is 0 Å². The van der Waals surface area contributed by atoms with Crippen molar-refractivity contribution in [3.05, 3.63) is 64.8 Å². The molecule has 1 aromatic heterocycles. The van der Waals surface area contributed by atoms with E-state index in [-0.39, 0.29) is 5.78 Å². The smallest absolute Gasteiger partial charge is 0.159 e. The summed E-state index contributed by atoms with van der Waals surface area (Å²) in [6, 6.07) is 15.8. The van der Waals surface area contributed by atoms with Gasteiger partial charge in [-0.1, -0.05) is 30.3 Å². The highest BCUT2D eigenvalue weighted by Gasteiger charge is 2.07. The van der Waals surface area contributed by atoms with Crippen LogP contribution in [0.3, 0.4) is 0 Å². The molecule has 0 aliphatic carbocycles. The maximum atomic E-state index is 11.5. The van der Waals surface area contributed by atoms with Crippen LogP contribution in [0.25, 0.3) is 11.1 Å². The lowest BCUT2D eigenvalue weighted by Gasteiger charge is -2.09. The fourth-order valence-corrected chi connectivity index (χ4v) is 2.80. The molecule has 0 aliphatic heterocycles. The summed E-state index contributed by atoms with van der Waals surface area (Å²) in [6.45, 7) is 1.58. The molecular weight excluding hydrogens is 354 g/mol. The van der Waals surface area contributed by atoms with Crippen molar-refractivity contribution in [1.82, 2.24) is 9.78 Å². The van der Waals surface area contributed by atoms with Crippen molar-refractivity contribution in [1.29, 1.82) is 0 Å². The molecule has 3 rings (SSSR count). The summed E-state index contributed by atoms with van der Waals surface area (Å²) >= 11 is 3.47. The van der Waals surface area contributed by atoms with Gasteiger partial charge in [0.15, 0.2) is 5.78 Å². The van der Waals surface area contributed by atoms with E-state index in [0.29, 0.717) is 0 Å². The Hall–Kier alpha value is -2.40. The van der Waals surface area contributed by atoms with Gasteiger partial charge in [-0.2, -0.15) is 5.10 Å². The van der Waals surface area contributed by atoms with E-state index in [4.69, 9.17) is 0 Å². The van der Waals surface area contributed by atoms with E-state index in [1.807, 2.05) is 55.6 Å². The maximum Gasteiger partial charge on any atom is 0.159 e. The first-order valence-electron chi connectivity index (χ1n) is 7.20. The minimum atomic E-state index is 0.0752. The average Bonchev–Trinajstić information content (AvgIpc) is 2.87. The number of hydrogen-bond donors (Lipinski definition) is 1. The van der Waals surface area contributed by atoms with Crippen molar-refractivity contribution in [2.24, 2.45) is 7.05 Å². The number of Topliss-reactive ketones (excluding diaryl/α,β-unsaturated/α-hetero) is 1. The first-order chi connectivity index (χ1) is 11.0. The molecule has 23 heavy (non-hydrogen) atoms. The Labute approximate surface area is 143 Å². The number of hydrogen-bond acceptors (Lipinski definition) is 3. The molecule has 0 radical (unpaired) electrons. The van der Waals surface area contributed by atoms with Crippen molar-refractivity contribution in [2.45, 2.75) is 6.92 Å². The summed E-state index contributed by atoms with van der Waals surface area (Å²) in [4.78, 5) is 11.5. The number of carbonyl (C=O) groups is 1. The standard InChI is InChI=1S/C18H16BrN3O/c1-12(23)14-4-3-5-15(10-14)13-6-8-16(9-7-13)21-18-17(19)11-20-22(18)2/h3-11,21H,1-2H3. The Balaban J connectivity index is 1.85. The Bertz CT molecular complexity index is 833. The summed E-state index contributed by atoms with van der Waals surface area (Å²) in [5.74, 6) is 0.975. The average molecular weight is 370 g/mol. The zero-order valence-electron chi connectivity index (χ0n) is 12.9. The lowest BCUT2D eigenvalue weighted by Crippen LogP contribution is -1.99. The number of nitrogens with one attached hydrogen (secondary N) is 1. The van der Waals surface area contributed by atoms with Gasteiger partial charge in [0, 0.05) is 18.3 Å². The Morgan fingerprint density at radius 2 is 1.87 bits per heavy atom. The third-order valence-corrected chi connectivity index (χ3v) is 4.22. The normalized spacial score (nSPS) is 10.6. The maximum absolute atomic E-state index is 11.5. The number of aromatic nitrogens is 2. The number of ketones is 1. The molecule has 0 atom stereocenters. The SMILES string of the molecule is CC(=O)c1cccc(-c2ccc(Nc3c(Br)cnn3C)cc2)c1. The van der Waals surface area contributed by atoms with Crippen LogP contribution in [-0.4, -0.2) is 15.6 Å². The lowest BCUT2D eigenvalue weighted by atomic mass is 10.0. The van der Waals surface area contributed by atoms with Crippen LogP contribution in [0.15, 0.2) is 59.2 Å². The molecular formula is C18H16BrN3O. The van der Waals surface area contributed by atoms with Crippen LogP contribution in [-0.2, 0) is 7.05 Å². The predicted octanol–water partition coefficient (Wildman–Crippen LogP) is 4.80. The summed E-state index contributed by atoms with van der Waals surface area (Å²) in [5, 5.41) is 7.51. The Kier molecular flexibility index (Phi) is 4.30. The molecule has 3 aromatic rings. The van der Waals surface area contributed by atoms with Crippen LogP contribution >= 0.6 is 15.9 Å². The molecule has 0 saturated carbocycles. The van der Waals surface area contributed by atoms with Crippen LogP contribution in [0.4, 0.5) is 11.5 Å². The third-order valence-electron chi connectivity index (χ3n) is 3.64.